The van der Waals surface area contributed by atoms with Gasteiger partial charge in [0.15, 0.2) is 5.78 Å². The van der Waals surface area contributed by atoms with Gasteiger partial charge >= 0.3 is 0 Å². The van der Waals surface area contributed by atoms with Crippen molar-refractivity contribution >= 4 is 29.2 Å². The fourth-order valence-corrected chi connectivity index (χ4v) is 3.79. The lowest BCUT2D eigenvalue weighted by Crippen LogP contribution is -2.38. The van der Waals surface area contributed by atoms with Crippen LogP contribution < -0.4 is 9.64 Å². The number of imide groups is 1. The monoisotopic (exact) mass is 392 g/mol. The van der Waals surface area contributed by atoms with Gasteiger partial charge < -0.3 is 9.64 Å². The quantitative estimate of drug-likeness (QED) is 0.731. The van der Waals surface area contributed by atoms with Gasteiger partial charge in [0.05, 0.1) is 23.9 Å². The summed E-state index contributed by atoms with van der Waals surface area (Å²) in [7, 11) is 1.53. The Labute approximate surface area is 167 Å². The minimum absolute atomic E-state index is 0.00210. The van der Waals surface area contributed by atoms with Gasteiger partial charge in [-0.25, -0.2) is 0 Å². The van der Waals surface area contributed by atoms with Crippen LogP contribution in [0.25, 0.3) is 0 Å². The van der Waals surface area contributed by atoms with Crippen molar-refractivity contribution in [3.05, 3.63) is 59.2 Å². The first-order chi connectivity index (χ1) is 14.0. The molecule has 2 aliphatic rings. The van der Waals surface area contributed by atoms with Crippen LogP contribution in [0.15, 0.2) is 42.5 Å². The maximum atomic E-state index is 12.8. The maximum absolute atomic E-state index is 12.8. The largest absolute Gasteiger partial charge is 0.497 e. The number of hydrogen-bond acceptors (Lipinski definition) is 5. The Balaban J connectivity index is 1.43. The van der Waals surface area contributed by atoms with Crippen molar-refractivity contribution in [2.75, 3.05) is 25.1 Å². The summed E-state index contributed by atoms with van der Waals surface area (Å²) in [5, 5.41) is 0. The fraction of sp³-hybridized carbons (Fsp3) is 0.273. The van der Waals surface area contributed by atoms with Crippen molar-refractivity contribution in [3.8, 4) is 5.75 Å². The minimum atomic E-state index is -0.322. The standard InChI is InChI=1S/C22H20N2O5/c1-29-14-8-9-17-18(13-14)23(12-10-19(17)25)20(26)7-4-11-24-21(27)15-5-2-3-6-16(15)22(24)28/h2-3,5-6,8-9,13H,4,7,10-12H2,1H3. The second-order valence-electron chi connectivity index (χ2n) is 7.01. The highest BCUT2D eigenvalue weighted by molar-refractivity contribution is 6.21. The molecule has 0 fully saturated rings. The SMILES string of the molecule is COc1ccc2c(c1)N(C(=O)CCCN1C(=O)c3ccccc3C1=O)CCC2=O. The van der Waals surface area contributed by atoms with Gasteiger partial charge in [-0.3, -0.25) is 24.1 Å². The average Bonchev–Trinajstić information content (AvgIpc) is 2.98. The van der Waals surface area contributed by atoms with Gasteiger partial charge in [0.25, 0.3) is 11.8 Å². The van der Waals surface area contributed by atoms with E-state index in [4.69, 9.17) is 4.74 Å². The molecule has 2 aromatic carbocycles. The first-order valence-corrected chi connectivity index (χ1v) is 9.48. The third-order valence-corrected chi connectivity index (χ3v) is 5.31. The highest BCUT2D eigenvalue weighted by Crippen LogP contribution is 2.31. The molecular weight excluding hydrogens is 372 g/mol. The van der Waals surface area contributed by atoms with Gasteiger partial charge in [0.2, 0.25) is 5.91 Å². The number of ether oxygens (including phenoxy) is 1. The molecule has 0 unspecified atom stereocenters. The molecule has 2 aliphatic heterocycles. The van der Waals surface area contributed by atoms with Crippen LogP contribution in [-0.2, 0) is 4.79 Å². The Bertz CT molecular complexity index is 995. The molecule has 3 amide bonds. The summed E-state index contributed by atoms with van der Waals surface area (Å²) in [5.41, 5.74) is 1.86. The van der Waals surface area contributed by atoms with E-state index in [1.165, 1.54) is 12.0 Å². The van der Waals surface area contributed by atoms with E-state index in [0.717, 1.165) is 0 Å². The molecule has 0 saturated carbocycles. The Hall–Kier alpha value is -3.48. The van der Waals surface area contributed by atoms with Crippen LogP contribution in [0.5, 0.6) is 5.75 Å². The van der Waals surface area contributed by atoms with Crippen LogP contribution in [0, 0.1) is 0 Å². The second kappa shape index (κ2) is 7.50. The lowest BCUT2D eigenvalue weighted by atomic mass is 9.99. The summed E-state index contributed by atoms with van der Waals surface area (Å²) >= 11 is 0. The third-order valence-electron chi connectivity index (χ3n) is 5.31. The van der Waals surface area contributed by atoms with Gasteiger partial charge in [-0.05, 0) is 30.7 Å². The molecule has 0 N–H and O–H groups in total. The van der Waals surface area contributed by atoms with E-state index in [0.29, 0.717) is 41.1 Å². The number of carbonyl (C=O) groups excluding carboxylic acids is 4. The normalized spacial score (nSPS) is 15.4. The second-order valence-corrected chi connectivity index (χ2v) is 7.01. The predicted molar refractivity (Wildman–Crippen MR) is 105 cm³/mol. The molecule has 7 heteroatoms. The van der Waals surface area contributed by atoms with Gasteiger partial charge in [-0.1, -0.05) is 12.1 Å². The number of hydrogen-bond donors (Lipinski definition) is 0. The number of ketones is 1. The zero-order valence-corrected chi connectivity index (χ0v) is 16.0. The molecule has 7 nitrogen and oxygen atoms in total. The lowest BCUT2D eigenvalue weighted by Gasteiger charge is -2.29. The highest BCUT2D eigenvalue weighted by Gasteiger charge is 2.35. The number of amides is 3. The van der Waals surface area contributed by atoms with Crippen LogP contribution in [-0.4, -0.2) is 48.6 Å². The van der Waals surface area contributed by atoms with Crippen molar-refractivity contribution in [2.24, 2.45) is 0 Å². The van der Waals surface area contributed by atoms with Crippen LogP contribution in [0.3, 0.4) is 0 Å². The predicted octanol–water partition coefficient (Wildman–Crippen LogP) is 2.69. The first kappa shape index (κ1) is 18.9. The van der Waals surface area contributed by atoms with Crippen molar-refractivity contribution in [1.29, 1.82) is 0 Å². The zero-order chi connectivity index (χ0) is 20.5. The Morgan fingerprint density at radius 3 is 2.34 bits per heavy atom. The summed E-state index contributed by atoms with van der Waals surface area (Å²) in [6.45, 7) is 0.487. The van der Waals surface area contributed by atoms with E-state index in [-0.39, 0.29) is 42.9 Å². The fourth-order valence-electron chi connectivity index (χ4n) is 3.79. The summed E-state index contributed by atoms with van der Waals surface area (Å²) in [6.07, 6.45) is 0.787. The molecule has 0 aliphatic carbocycles. The van der Waals surface area contributed by atoms with Gasteiger partial charge in [0.1, 0.15) is 5.75 Å². The molecule has 0 aromatic heterocycles. The van der Waals surface area contributed by atoms with Crippen molar-refractivity contribution in [2.45, 2.75) is 19.3 Å². The number of carbonyl (C=O) groups is 4. The molecule has 0 atom stereocenters. The van der Waals surface area contributed by atoms with Gasteiger partial charge in [-0.15, -0.1) is 0 Å². The minimum Gasteiger partial charge on any atom is -0.497 e. The Morgan fingerprint density at radius 2 is 1.69 bits per heavy atom. The van der Waals surface area contributed by atoms with Gasteiger partial charge in [-0.2, -0.15) is 0 Å². The Kier molecular flexibility index (Phi) is 4.88. The number of fused-ring (bicyclic) bond motifs is 2. The lowest BCUT2D eigenvalue weighted by molar-refractivity contribution is -0.118. The number of benzene rings is 2. The number of Topliss-reactive ketones (excluding diaryl/α,β-unsaturated/α-hetero) is 1. The topological polar surface area (TPSA) is 84.0 Å². The summed E-state index contributed by atoms with van der Waals surface area (Å²) in [5.74, 6) is -0.225. The molecule has 0 radical (unpaired) electrons. The van der Waals surface area contributed by atoms with Crippen molar-refractivity contribution < 1.29 is 23.9 Å². The number of anilines is 1. The molecule has 2 heterocycles. The van der Waals surface area contributed by atoms with Crippen LogP contribution in [0.1, 0.15) is 50.3 Å². The zero-order valence-electron chi connectivity index (χ0n) is 16.0. The molecule has 148 valence electrons. The number of rotatable bonds is 5. The molecule has 29 heavy (non-hydrogen) atoms. The number of nitrogens with zero attached hydrogens (tertiary/aromatic N) is 2. The van der Waals surface area contributed by atoms with Gasteiger partial charge in [0, 0.05) is 37.6 Å². The first-order valence-electron chi connectivity index (χ1n) is 9.48. The van der Waals surface area contributed by atoms with E-state index < -0.39 is 0 Å². The van der Waals surface area contributed by atoms with Crippen molar-refractivity contribution in [3.63, 3.8) is 0 Å². The molecule has 4 rings (SSSR count). The molecule has 0 bridgehead atoms. The van der Waals surface area contributed by atoms with E-state index in [1.54, 1.807) is 47.4 Å². The van der Waals surface area contributed by atoms with Crippen molar-refractivity contribution in [1.82, 2.24) is 4.90 Å². The van der Waals surface area contributed by atoms with Crippen LogP contribution in [0.4, 0.5) is 5.69 Å². The summed E-state index contributed by atoms with van der Waals surface area (Å²) in [4.78, 5) is 52.6. The van der Waals surface area contributed by atoms with E-state index in [9.17, 15) is 19.2 Å². The average molecular weight is 392 g/mol. The molecular formula is C22H20N2O5. The van der Waals surface area contributed by atoms with E-state index in [1.807, 2.05) is 0 Å². The maximum Gasteiger partial charge on any atom is 0.261 e. The van der Waals surface area contributed by atoms with Crippen LogP contribution in [0.2, 0.25) is 0 Å². The summed E-state index contributed by atoms with van der Waals surface area (Å²) < 4.78 is 5.22. The smallest absolute Gasteiger partial charge is 0.261 e. The van der Waals surface area contributed by atoms with Crippen LogP contribution >= 0.6 is 0 Å². The summed E-state index contributed by atoms with van der Waals surface area (Å²) in [6, 6.07) is 11.8. The number of methoxy groups -OCH3 is 1. The highest BCUT2D eigenvalue weighted by atomic mass is 16.5. The molecule has 0 spiro atoms. The van der Waals surface area contributed by atoms with E-state index >= 15 is 0 Å². The third kappa shape index (κ3) is 3.29. The molecule has 0 saturated heterocycles. The Morgan fingerprint density at radius 1 is 1.00 bits per heavy atom. The molecule has 2 aromatic rings. The van der Waals surface area contributed by atoms with E-state index in [2.05, 4.69) is 0 Å².